The number of pyridine rings is 1. The quantitative estimate of drug-likeness (QED) is 0.657. The standard InChI is InChI=1S/C24H19ClFN3O2/c25-17-10-19-18(20(26)11-17)9-16-12-24(16,19)29(23(31)15-7-4-8-28-13-15)21(22(27)30)14-5-2-1-3-6-14/h1-8,10-11,13,16,21H,9,12H2,(H2,27,30)/t16-,21-,24?/m0/s1. The van der Waals surface area contributed by atoms with E-state index < -0.39 is 23.3 Å². The molecule has 1 fully saturated rings. The van der Waals surface area contributed by atoms with Gasteiger partial charge in [0.1, 0.15) is 11.9 Å². The first-order valence-corrected chi connectivity index (χ1v) is 10.4. The summed E-state index contributed by atoms with van der Waals surface area (Å²) in [6.45, 7) is 0. The van der Waals surface area contributed by atoms with Crippen LogP contribution in [-0.2, 0) is 16.8 Å². The highest BCUT2D eigenvalue weighted by Crippen LogP contribution is 2.66. The van der Waals surface area contributed by atoms with Gasteiger partial charge in [0, 0.05) is 17.4 Å². The predicted octanol–water partition coefficient (Wildman–Crippen LogP) is 4.01. The first-order valence-electron chi connectivity index (χ1n) is 10.00. The van der Waals surface area contributed by atoms with Crippen molar-refractivity contribution in [2.75, 3.05) is 0 Å². The minimum atomic E-state index is -1.02. The maximum atomic E-state index is 14.7. The predicted molar refractivity (Wildman–Crippen MR) is 114 cm³/mol. The van der Waals surface area contributed by atoms with Gasteiger partial charge in [-0.25, -0.2) is 4.39 Å². The molecule has 3 aromatic rings. The molecule has 1 saturated carbocycles. The molecule has 0 saturated heterocycles. The molecule has 2 N–H and O–H groups in total. The summed E-state index contributed by atoms with van der Waals surface area (Å²) in [7, 11) is 0. The van der Waals surface area contributed by atoms with E-state index in [-0.39, 0.29) is 16.8 Å². The Balaban J connectivity index is 1.72. The number of nitrogens with zero attached hydrogens (tertiary/aromatic N) is 2. The summed E-state index contributed by atoms with van der Waals surface area (Å²) in [6.07, 6.45) is 4.13. The van der Waals surface area contributed by atoms with Crippen LogP contribution in [0.3, 0.4) is 0 Å². The third kappa shape index (κ3) is 3.01. The van der Waals surface area contributed by atoms with Gasteiger partial charge in [0.25, 0.3) is 5.91 Å². The highest BCUT2D eigenvalue weighted by molar-refractivity contribution is 6.30. The third-order valence-corrected chi connectivity index (χ3v) is 6.57. The number of fused-ring (bicyclic) bond motifs is 3. The molecule has 2 aliphatic rings. The molecule has 5 nitrogen and oxygen atoms in total. The van der Waals surface area contributed by atoms with E-state index >= 15 is 0 Å². The first kappa shape index (κ1) is 19.7. The van der Waals surface area contributed by atoms with Crippen molar-refractivity contribution >= 4 is 23.4 Å². The summed E-state index contributed by atoms with van der Waals surface area (Å²) < 4.78 is 14.7. The van der Waals surface area contributed by atoms with Crippen molar-refractivity contribution in [2.45, 2.75) is 24.4 Å². The van der Waals surface area contributed by atoms with E-state index in [4.69, 9.17) is 17.3 Å². The minimum Gasteiger partial charge on any atom is -0.368 e. The number of primary amides is 1. The zero-order chi connectivity index (χ0) is 21.8. The third-order valence-electron chi connectivity index (χ3n) is 6.35. The van der Waals surface area contributed by atoms with Crippen molar-refractivity contribution in [3.05, 3.63) is 100 Å². The van der Waals surface area contributed by atoms with Gasteiger partial charge in [-0.3, -0.25) is 14.6 Å². The second kappa shape index (κ2) is 7.17. The smallest absolute Gasteiger partial charge is 0.257 e. The monoisotopic (exact) mass is 435 g/mol. The average Bonchev–Trinajstić information content (AvgIpc) is 3.40. The molecule has 5 rings (SSSR count). The number of hydrogen-bond donors (Lipinski definition) is 1. The van der Waals surface area contributed by atoms with Gasteiger partial charge >= 0.3 is 0 Å². The average molecular weight is 436 g/mol. The Morgan fingerprint density at radius 3 is 2.65 bits per heavy atom. The van der Waals surface area contributed by atoms with Gasteiger partial charge in [0.2, 0.25) is 5.91 Å². The molecule has 2 amide bonds. The highest BCUT2D eigenvalue weighted by atomic mass is 35.5. The fourth-order valence-corrected chi connectivity index (χ4v) is 5.19. The fourth-order valence-electron chi connectivity index (χ4n) is 4.99. The maximum absolute atomic E-state index is 14.7. The Morgan fingerprint density at radius 1 is 1.19 bits per heavy atom. The van der Waals surface area contributed by atoms with Crippen LogP contribution in [0.5, 0.6) is 0 Å². The van der Waals surface area contributed by atoms with Crippen LogP contribution >= 0.6 is 11.6 Å². The normalized spacial score (nSPS) is 21.7. The topological polar surface area (TPSA) is 76.3 Å². The number of rotatable bonds is 5. The molecular formula is C24H19ClFN3O2. The molecule has 156 valence electrons. The lowest BCUT2D eigenvalue weighted by atomic mass is 9.95. The van der Waals surface area contributed by atoms with Crippen LogP contribution in [-0.4, -0.2) is 21.7 Å². The minimum absolute atomic E-state index is 0.0124. The molecule has 2 aromatic carbocycles. The Morgan fingerprint density at radius 2 is 1.97 bits per heavy atom. The summed E-state index contributed by atoms with van der Waals surface area (Å²) in [5.74, 6) is -1.43. The maximum Gasteiger partial charge on any atom is 0.257 e. The molecule has 1 unspecified atom stereocenters. The summed E-state index contributed by atoms with van der Waals surface area (Å²) >= 11 is 6.19. The highest BCUT2D eigenvalue weighted by Gasteiger charge is 2.67. The molecule has 1 heterocycles. The van der Waals surface area contributed by atoms with Crippen LogP contribution in [0.4, 0.5) is 4.39 Å². The van der Waals surface area contributed by atoms with E-state index in [0.717, 1.165) is 0 Å². The number of halogens is 2. The Kier molecular flexibility index (Phi) is 4.55. The van der Waals surface area contributed by atoms with Crippen LogP contribution in [0.2, 0.25) is 5.02 Å². The van der Waals surface area contributed by atoms with Gasteiger partial charge in [0.15, 0.2) is 0 Å². The van der Waals surface area contributed by atoms with E-state index in [1.54, 1.807) is 48.7 Å². The molecule has 3 atom stereocenters. The molecule has 0 aliphatic heterocycles. The number of nitrogens with two attached hydrogens (primary N) is 1. The Hall–Kier alpha value is -3.25. The van der Waals surface area contributed by atoms with Gasteiger partial charge in [-0.15, -0.1) is 0 Å². The largest absolute Gasteiger partial charge is 0.368 e. The number of carbonyl (C=O) groups excluding carboxylic acids is 2. The molecular weight excluding hydrogens is 417 g/mol. The number of benzene rings is 2. The van der Waals surface area contributed by atoms with E-state index in [1.807, 2.05) is 6.07 Å². The van der Waals surface area contributed by atoms with Gasteiger partial charge in [-0.2, -0.15) is 0 Å². The molecule has 2 aliphatic carbocycles. The van der Waals surface area contributed by atoms with Gasteiger partial charge < -0.3 is 10.6 Å². The van der Waals surface area contributed by atoms with Crippen LogP contribution in [0.15, 0.2) is 67.0 Å². The number of aromatic nitrogens is 1. The fraction of sp³-hybridized carbons (Fsp3) is 0.208. The molecule has 7 heteroatoms. The van der Waals surface area contributed by atoms with E-state index in [1.165, 1.54) is 17.2 Å². The van der Waals surface area contributed by atoms with Gasteiger partial charge in [-0.05, 0) is 59.7 Å². The van der Waals surface area contributed by atoms with E-state index in [9.17, 15) is 14.0 Å². The van der Waals surface area contributed by atoms with Gasteiger partial charge in [0.05, 0.1) is 11.1 Å². The van der Waals surface area contributed by atoms with Crippen LogP contribution in [0, 0.1) is 11.7 Å². The van der Waals surface area contributed by atoms with Crippen LogP contribution < -0.4 is 5.73 Å². The van der Waals surface area contributed by atoms with Crippen molar-refractivity contribution in [3.8, 4) is 0 Å². The molecule has 0 radical (unpaired) electrons. The zero-order valence-electron chi connectivity index (χ0n) is 16.5. The summed E-state index contributed by atoms with van der Waals surface area (Å²) in [5.41, 5.74) is 7.15. The summed E-state index contributed by atoms with van der Waals surface area (Å²) in [4.78, 5) is 32.2. The van der Waals surface area contributed by atoms with Gasteiger partial charge in [-0.1, -0.05) is 41.9 Å². The second-order valence-corrected chi connectivity index (χ2v) is 8.51. The molecule has 1 aromatic heterocycles. The lowest BCUT2D eigenvalue weighted by Crippen LogP contribution is -2.48. The summed E-state index contributed by atoms with van der Waals surface area (Å²) in [5, 5.41) is 0.257. The number of hydrogen-bond acceptors (Lipinski definition) is 3. The number of carbonyl (C=O) groups is 2. The van der Waals surface area contributed by atoms with E-state index in [0.29, 0.717) is 35.1 Å². The Bertz CT molecular complexity index is 1190. The van der Waals surface area contributed by atoms with E-state index in [2.05, 4.69) is 4.98 Å². The number of amides is 2. The Labute approximate surface area is 183 Å². The summed E-state index contributed by atoms with van der Waals surface area (Å²) in [6, 6.07) is 14.2. The van der Waals surface area contributed by atoms with Crippen molar-refractivity contribution < 1.29 is 14.0 Å². The van der Waals surface area contributed by atoms with Crippen molar-refractivity contribution in [2.24, 2.45) is 11.7 Å². The van der Waals surface area contributed by atoms with Crippen LogP contribution in [0.1, 0.15) is 39.5 Å². The molecule has 0 spiro atoms. The van der Waals surface area contributed by atoms with Crippen LogP contribution in [0.25, 0.3) is 0 Å². The zero-order valence-corrected chi connectivity index (χ0v) is 17.2. The second-order valence-electron chi connectivity index (χ2n) is 8.08. The lowest BCUT2D eigenvalue weighted by Gasteiger charge is -2.38. The van der Waals surface area contributed by atoms with Crippen molar-refractivity contribution in [1.29, 1.82) is 0 Å². The van der Waals surface area contributed by atoms with Crippen molar-refractivity contribution in [1.82, 2.24) is 9.88 Å². The SMILES string of the molecule is NC(=O)[C@H](c1ccccc1)N(C(=O)c1cccnc1)C12C[C@@H]1Cc1c(F)cc(Cl)cc12. The molecule has 31 heavy (non-hydrogen) atoms. The first-order chi connectivity index (χ1) is 14.9. The van der Waals surface area contributed by atoms with Crippen molar-refractivity contribution in [3.63, 3.8) is 0 Å². The lowest BCUT2D eigenvalue weighted by molar-refractivity contribution is -0.124. The molecule has 0 bridgehead atoms.